The summed E-state index contributed by atoms with van der Waals surface area (Å²) in [5, 5.41) is 0. The highest BCUT2D eigenvalue weighted by atomic mass is 32.3. The topological polar surface area (TPSA) is 63.6 Å². The molecule has 0 amide bonds. The maximum Gasteiger partial charge on any atom is 0.397 e. The van der Waals surface area contributed by atoms with E-state index in [4.69, 9.17) is 8.74 Å². The van der Waals surface area contributed by atoms with Crippen LogP contribution in [0.3, 0.4) is 0 Å². The fourth-order valence-electron chi connectivity index (χ4n) is 1.71. The predicted octanol–water partition coefficient (Wildman–Crippen LogP) is 2.27. The Labute approximate surface area is 86.6 Å². The van der Waals surface area contributed by atoms with Crippen LogP contribution in [0.25, 0.3) is 0 Å². The maximum absolute atomic E-state index is 10.7. The molecule has 0 saturated heterocycles. The van der Waals surface area contributed by atoms with Crippen molar-refractivity contribution in [2.24, 2.45) is 10.8 Å². The molecule has 0 radical (unpaired) electrons. The molecule has 1 N–H and O–H groups in total. The Kier molecular flexibility index (Phi) is 3.76. The third kappa shape index (κ3) is 4.93. The quantitative estimate of drug-likeness (QED) is 0.731. The lowest BCUT2D eigenvalue weighted by atomic mass is 9.74. The van der Waals surface area contributed by atoms with Crippen molar-refractivity contribution in [1.82, 2.24) is 0 Å². The van der Waals surface area contributed by atoms with Crippen molar-refractivity contribution in [2.45, 2.75) is 47.6 Å². The summed E-state index contributed by atoms with van der Waals surface area (Å²) in [4.78, 5) is 0. The first kappa shape index (κ1) is 13.9. The second-order valence-corrected chi connectivity index (χ2v) is 6.68. The van der Waals surface area contributed by atoms with Crippen molar-refractivity contribution in [3.05, 3.63) is 0 Å². The van der Waals surface area contributed by atoms with Gasteiger partial charge in [-0.15, -0.1) is 0 Å². The Balaban J connectivity index is 4.97. The van der Waals surface area contributed by atoms with E-state index in [1.54, 1.807) is 0 Å². The van der Waals surface area contributed by atoms with Gasteiger partial charge in [0.2, 0.25) is 0 Å². The van der Waals surface area contributed by atoms with Gasteiger partial charge in [-0.1, -0.05) is 41.5 Å². The van der Waals surface area contributed by atoms with Gasteiger partial charge in [0.15, 0.2) is 0 Å². The van der Waals surface area contributed by atoms with Crippen LogP contribution >= 0.6 is 0 Å². The van der Waals surface area contributed by atoms with Gasteiger partial charge in [-0.05, 0) is 10.8 Å². The molecule has 0 aromatic carbocycles. The Morgan fingerprint density at radius 2 is 1.29 bits per heavy atom. The largest absolute Gasteiger partial charge is 0.397 e. The van der Waals surface area contributed by atoms with Crippen LogP contribution in [-0.4, -0.2) is 19.1 Å². The highest BCUT2D eigenvalue weighted by Gasteiger charge is 2.38. The van der Waals surface area contributed by atoms with E-state index in [9.17, 15) is 8.42 Å². The van der Waals surface area contributed by atoms with Gasteiger partial charge in [-0.3, -0.25) is 4.55 Å². The molecule has 0 aliphatic heterocycles. The first-order valence-corrected chi connectivity index (χ1v) is 5.86. The summed E-state index contributed by atoms with van der Waals surface area (Å²) in [5.41, 5.74) is -0.706. The third-order valence-corrected chi connectivity index (χ3v) is 2.23. The summed E-state index contributed by atoms with van der Waals surface area (Å²) >= 11 is 0. The molecule has 0 bridgehead atoms. The van der Waals surface area contributed by atoms with Gasteiger partial charge in [0, 0.05) is 0 Å². The molecule has 0 rings (SSSR count). The van der Waals surface area contributed by atoms with E-state index >= 15 is 0 Å². The highest BCUT2D eigenvalue weighted by Crippen LogP contribution is 2.36. The van der Waals surface area contributed by atoms with E-state index in [1.165, 1.54) is 0 Å². The third-order valence-electron chi connectivity index (χ3n) is 1.79. The smallest absolute Gasteiger partial charge is 0.264 e. The molecule has 0 aliphatic carbocycles. The van der Waals surface area contributed by atoms with Crippen molar-refractivity contribution in [2.75, 3.05) is 0 Å². The minimum absolute atomic E-state index is 0.353. The first-order valence-electron chi connectivity index (χ1n) is 4.50. The van der Waals surface area contributed by atoms with Gasteiger partial charge in [0.05, 0.1) is 6.10 Å². The Bertz CT molecular complexity index is 265. The molecular formula is C9H20O4S. The first-order chi connectivity index (χ1) is 5.84. The normalized spacial score (nSPS) is 14.9. The maximum atomic E-state index is 10.7. The van der Waals surface area contributed by atoms with Crippen molar-refractivity contribution in [3.8, 4) is 0 Å². The highest BCUT2D eigenvalue weighted by molar-refractivity contribution is 7.80. The van der Waals surface area contributed by atoms with Gasteiger partial charge in [0.25, 0.3) is 0 Å². The lowest BCUT2D eigenvalue weighted by Crippen LogP contribution is -2.41. The van der Waals surface area contributed by atoms with Crippen LogP contribution in [0.5, 0.6) is 0 Å². The van der Waals surface area contributed by atoms with Gasteiger partial charge >= 0.3 is 10.4 Å². The summed E-state index contributed by atoms with van der Waals surface area (Å²) < 4.78 is 34.7. The summed E-state index contributed by atoms with van der Waals surface area (Å²) in [6.07, 6.45) is -0.565. The van der Waals surface area contributed by atoms with E-state index in [-0.39, 0.29) is 10.8 Å². The molecule has 5 heteroatoms. The molecule has 0 heterocycles. The fraction of sp³-hybridized carbons (Fsp3) is 1.00. The summed E-state index contributed by atoms with van der Waals surface area (Å²) in [6, 6.07) is 0. The second-order valence-electron chi connectivity index (χ2n) is 5.64. The molecular weight excluding hydrogens is 204 g/mol. The van der Waals surface area contributed by atoms with E-state index in [2.05, 4.69) is 0 Å². The SMILES string of the molecule is CC(C)(C)C(OS(=O)(=O)O)C(C)(C)C. The minimum atomic E-state index is -4.39. The van der Waals surface area contributed by atoms with Crippen LogP contribution in [0.2, 0.25) is 0 Å². The number of rotatable bonds is 2. The summed E-state index contributed by atoms with van der Waals surface area (Å²) in [5.74, 6) is 0. The average molecular weight is 224 g/mol. The number of hydrogen-bond acceptors (Lipinski definition) is 3. The van der Waals surface area contributed by atoms with Crippen LogP contribution in [-0.2, 0) is 14.6 Å². The Hall–Kier alpha value is -0.130. The number of hydrogen-bond donors (Lipinski definition) is 1. The Morgan fingerprint density at radius 3 is 1.36 bits per heavy atom. The molecule has 0 fully saturated rings. The zero-order chi connectivity index (χ0) is 11.8. The molecule has 0 aliphatic rings. The molecule has 0 aromatic heterocycles. The molecule has 4 nitrogen and oxygen atoms in total. The fourth-order valence-corrected chi connectivity index (χ4v) is 2.53. The average Bonchev–Trinajstić information content (AvgIpc) is 1.75. The molecule has 0 aromatic rings. The minimum Gasteiger partial charge on any atom is -0.264 e. The zero-order valence-electron chi connectivity index (χ0n) is 9.66. The van der Waals surface area contributed by atoms with Gasteiger partial charge in [0.1, 0.15) is 0 Å². The molecule has 86 valence electrons. The van der Waals surface area contributed by atoms with Gasteiger partial charge in [-0.25, -0.2) is 4.18 Å². The van der Waals surface area contributed by atoms with E-state index < -0.39 is 16.5 Å². The second kappa shape index (κ2) is 3.79. The predicted molar refractivity (Wildman–Crippen MR) is 55.3 cm³/mol. The zero-order valence-corrected chi connectivity index (χ0v) is 10.5. The van der Waals surface area contributed by atoms with Crippen molar-refractivity contribution < 1.29 is 17.2 Å². The molecule has 0 unspecified atom stereocenters. The van der Waals surface area contributed by atoms with E-state index in [1.807, 2.05) is 41.5 Å². The Morgan fingerprint density at radius 1 is 1.00 bits per heavy atom. The lowest BCUT2D eigenvalue weighted by Gasteiger charge is -2.38. The monoisotopic (exact) mass is 224 g/mol. The van der Waals surface area contributed by atoms with Crippen LogP contribution in [0.15, 0.2) is 0 Å². The molecule has 0 atom stereocenters. The molecule has 0 saturated carbocycles. The van der Waals surface area contributed by atoms with Gasteiger partial charge in [-0.2, -0.15) is 8.42 Å². The van der Waals surface area contributed by atoms with E-state index in [0.717, 1.165) is 0 Å². The summed E-state index contributed by atoms with van der Waals surface area (Å²) in [6.45, 7) is 11.2. The van der Waals surface area contributed by atoms with Crippen LogP contribution in [0, 0.1) is 10.8 Å². The summed E-state index contributed by atoms with van der Waals surface area (Å²) in [7, 11) is -4.39. The van der Waals surface area contributed by atoms with Crippen molar-refractivity contribution in [3.63, 3.8) is 0 Å². The van der Waals surface area contributed by atoms with Crippen LogP contribution < -0.4 is 0 Å². The van der Waals surface area contributed by atoms with Crippen molar-refractivity contribution in [1.29, 1.82) is 0 Å². The standard InChI is InChI=1S/C9H20O4S/c1-8(2,3)7(9(4,5)6)13-14(10,11)12/h7H,1-6H3,(H,10,11,12). The molecule has 0 spiro atoms. The van der Waals surface area contributed by atoms with Crippen molar-refractivity contribution >= 4 is 10.4 Å². The van der Waals surface area contributed by atoms with E-state index in [0.29, 0.717) is 0 Å². The van der Waals surface area contributed by atoms with Crippen LogP contribution in [0.1, 0.15) is 41.5 Å². The lowest BCUT2D eigenvalue weighted by molar-refractivity contribution is -0.00477. The van der Waals surface area contributed by atoms with Gasteiger partial charge < -0.3 is 0 Å². The molecule has 14 heavy (non-hydrogen) atoms. The van der Waals surface area contributed by atoms with Crippen LogP contribution in [0.4, 0.5) is 0 Å².